The van der Waals surface area contributed by atoms with Crippen molar-refractivity contribution in [2.45, 2.75) is 24.9 Å². The molecule has 0 aliphatic rings. The number of phenolic OH excluding ortho intramolecular Hbond substituents is 2. The predicted octanol–water partition coefficient (Wildman–Crippen LogP) is 0.674. The maximum atomic E-state index is 10.8. The molecular weight excluding hydrogens is 340 g/mol. The molecular formula is C18H20N2O6. The molecule has 0 aliphatic carbocycles. The number of carbonyl (C=O) groups is 2. The maximum absolute atomic E-state index is 10.8. The van der Waals surface area contributed by atoms with E-state index in [1.807, 2.05) is 0 Å². The molecule has 8 heteroatoms. The highest BCUT2D eigenvalue weighted by Crippen LogP contribution is 2.36. The van der Waals surface area contributed by atoms with Crippen LogP contribution in [0.1, 0.15) is 11.1 Å². The largest absolute Gasteiger partial charge is 0.507 e. The van der Waals surface area contributed by atoms with Crippen molar-refractivity contribution in [3.05, 3.63) is 47.5 Å². The van der Waals surface area contributed by atoms with Gasteiger partial charge in [-0.1, -0.05) is 24.3 Å². The van der Waals surface area contributed by atoms with Gasteiger partial charge in [0.05, 0.1) is 0 Å². The SMILES string of the molecule is NC(Cc1ccc(-c2ccc(CC(N)C(=O)O)cc2O)c(O)c1)C(=O)O. The van der Waals surface area contributed by atoms with Crippen LogP contribution >= 0.6 is 0 Å². The molecule has 2 rings (SSSR count). The van der Waals surface area contributed by atoms with Crippen molar-refractivity contribution in [2.24, 2.45) is 11.5 Å². The van der Waals surface area contributed by atoms with Gasteiger partial charge in [-0.05, 0) is 36.1 Å². The predicted molar refractivity (Wildman–Crippen MR) is 93.8 cm³/mol. The lowest BCUT2D eigenvalue weighted by Crippen LogP contribution is -2.32. The van der Waals surface area contributed by atoms with Crippen molar-refractivity contribution < 1.29 is 30.0 Å². The second-order valence-electron chi connectivity index (χ2n) is 6.00. The molecule has 2 aromatic carbocycles. The zero-order valence-corrected chi connectivity index (χ0v) is 13.8. The second-order valence-corrected chi connectivity index (χ2v) is 6.00. The van der Waals surface area contributed by atoms with E-state index in [-0.39, 0.29) is 24.3 Å². The van der Waals surface area contributed by atoms with Gasteiger partial charge in [-0.2, -0.15) is 0 Å². The fourth-order valence-electron chi connectivity index (χ4n) is 2.55. The number of phenols is 2. The minimum absolute atomic E-state index is 0.0567. The van der Waals surface area contributed by atoms with Crippen molar-refractivity contribution in [3.8, 4) is 22.6 Å². The van der Waals surface area contributed by atoms with Crippen molar-refractivity contribution >= 4 is 11.9 Å². The summed E-state index contributed by atoms with van der Waals surface area (Å²) < 4.78 is 0. The van der Waals surface area contributed by atoms with Crippen LogP contribution in [0.3, 0.4) is 0 Å². The number of aromatic hydroxyl groups is 2. The molecule has 0 fully saturated rings. The number of carboxylic acid groups (broad SMARTS) is 2. The Kier molecular flexibility index (Phi) is 5.81. The number of hydrogen-bond acceptors (Lipinski definition) is 6. The lowest BCUT2D eigenvalue weighted by molar-refractivity contribution is -0.139. The summed E-state index contributed by atoms with van der Waals surface area (Å²) in [5.74, 6) is -2.54. The van der Waals surface area contributed by atoms with E-state index in [1.165, 1.54) is 12.1 Å². The normalized spacial score (nSPS) is 13.2. The Morgan fingerprint density at radius 3 is 1.38 bits per heavy atom. The van der Waals surface area contributed by atoms with Crippen molar-refractivity contribution in [1.29, 1.82) is 0 Å². The van der Waals surface area contributed by atoms with E-state index in [4.69, 9.17) is 21.7 Å². The van der Waals surface area contributed by atoms with Crippen LogP contribution in [-0.4, -0.2) is 44.4 Å². The number of benzene rings is 2. The first-order valence-electron chi connectivity index (χ1n) is 7.80. The molecule has 0 saturated heterocycles. The Balaban J connectivity index is 2.25. The zero-order valence-electron chi connectivity index (χ0n) is 13.8. The molecule has 26 heavy (non-hydrogen) atoms. The number of carboxylic acids is 2. The molecule has 0 spiro atoms. The second kappa shape index (κ2) is 7.85. The van der Waals surface area contributed by atoms with Gasteiger partial charge in [0.1, 0.15) is 23.6 Å². The minimum Gasteiger partial charge on any atom is -0.507 e. The summed E-state index contributed by atoms with van der Waals surface area (Å²) in [6, 6.07) is 6.97. The van der Waals surface area contributed by atoms with Crippen LogP contribution < -0.4 is 11.5 Å². The van der Waals surface area contributed by atoms with Crippen LogP contribution in [0.5, 0.6) is 11.5 Å². The molecule has 2 aromatic rings. The molecule has 0 aliphatic heterocycles. The first-order valence-corrected chi connectivity index (χ1v) is 7.80. The van der Waals surface area contributed by atoms with E-state index >= 15 is 0 Å². The molecule has 0 bridgehead atoms. The zero-order chi connectivity index (χ0) is 19.4. The fraction of sp³-hybridized carbons (Fsp3) is 0.222. The van der Waals surface area contributed by atoms with Crippen LogP contribution in [0, 0.1) is 0 Å². The van der Waals surface area contributed by atoms with Gasteiger partial charge in [-0.3, -0.25) is 9.59 Å². The Labute approximate surface area is 149 Å². The Bertz CT molecular complexity index is 767. The highest BCUT2D eigenvalue weighted by atomic mass is 16.4. The lowest BCUT2D eigenvalue weighted by Gasteiger charge is -2.12. The topological polar surface area (TPSA) is 167 Å². The molecule has 0 saturated carbocycles. The number of hydrogen-bond donors (Lipinski definition) is 6. The molecule has 2 atom stereocenters. The van der Waals surface area contributed by atoms with E-state index in [1.54, 1.807) is 24.3 Å². The quantitative estimate of drug-likeness (QED) is 0.419. The molecule has 8 nitrogen and oxygen atoms in total. The van der Waals surface area contributed by atoms with Gasteiger partial charge >= 0.3 is 11.9 Å². The van der Waals surface area contributed by atoms with Gasteiger partial charge in [-0.25, -0.2) is 0 Å². The summed E-state index contributed by atoms with van der Waals surface area (Å²) in [5, 5.41) is 38.1. The van der Waals surface area contributed by atoms with Crippen molar-refractivity contribution in [3.63, 3.8) is 0 Å². The third-order valence-electron chi connectivity index (χ3n) is 3.96. The summed E-state index contributed by atoms with van der Waals surface area (Å²) in [6.07, 6.45) is 0.113. The molecule has 8 N–H and O–H groups in total. The van der Waals surface area contributed by atoms with Gasteiger partial charge in [0.25, 0.3) is 0 Å². The third-order valence-corrected chi connectivity index (χ3v) is 3.96. The monoisotopic (exact) mass is 360 g/mol. The van der Waals surface area contributed by atoms with E-state index in [0.29, 0.717) is 22.3 Å². The summed E-state index contributed by atoms with van der Waals surface area (Å²) in [4.78, 5) is 21.6. The van der Waals surface area contributed by atoms with E-state index in [0.717, 1.165) is 0 Å². The van der Waals surface area contributed by atoms with Crippen LogP contribution in [0.15, 0.2) is 36.4 Å². The summed E-state index contributed by atoms with van der Waals surface area (Å²) >= 11 is 0. The number of aliphatic carboxylic acids is 2. The van der Waals surface area contributed by atoms with Gasteiger partial charge in [0, 0.05) is 11.1 Å². The van der Waals surface area contributed by atoms with Crippen LogP contribution in [-0.2, 0) is 22.4 Å². The van der Waals surface area contributed by atoms with Gasteiger partial charge in [0.2, 0.25) is 0 Å². The smallest absolute Gasteiger partial charge is 0.320 e. The summed E-state index contributed by atoms with van der Waals surface area (Å²) in [6.45, 7) is 0. The van der Waals surface area contributed by atoms with Gasteiger partial charge in [-0.15, -0.1) is 0 Å². The Morgan fingerprint density at radius 2 is 1.12 bits per heavy atom. The minimum atomic E-state index is -1.14. The molecule has 0 amide bonds. The lowest BCUT2D eigenvalue weighted by atomic mass is 9.97. The Morgan fingerprint density at radius 1 is 0.769 bits per heavy atom. The van der Waals surface area contributed by atoms with Crippen LogP contribution in [0.25, 0.3) is 11.1 Å². The first-order chi connectivity index (χ1) is 12.2. The molecule has 2 unspecified atom stereocenters. The van der Waals surface area contributed by atoms with Crippen molar-refractivity contribution in [1.82, 2.24) is 0 Å². The fourth-order valence-corrected chi connectivity index (χ4v) is 2.55. The summed E-state index contributed by atoms with van der Waals surface area (Å²) in [7, 11) is 0. The highest BCUT2D eigenvalue weighted by molar-refractivity contribution is 5.77. The first kappa shape index (κ1) is 19.2. The molecule has 0 heterocycles. The standard InChI is InChI=1S/C18H20N2O6/c19-13(17(23)24)5-9-1-3-11(15(21)7-9)12-4-2-10(8-16(12)22)6-14(20)18(25)26/h1-4,7-8,13-14,21-22H,5-6,19-20H2,(H,23,24)(H,25,26). The molecule has 0 aromatic heterocycles. The molecule has 0 radical (unpaired) electrons. The van der Waals surface area contributed by atoms with Gasteiger partial charge < -0.3 is 31.9 Å². The summed E-state index contributed by atoms with van der Waals surface area (Å²) in [5.41, 5.74) is 12.7. The Hall–Kier alpha value is -3.10. The highest BCUT2D eigenvalue weighted by Gasteiger charge is 2.16. The average Bonchev–Trinajstić information content (AvgIpc) is 2.55. The van der Waals surface area contributed by atoms with E-state index in [2.05, 4.69) is 0 Å². The number of rotatable bonds is 7. The van der Waals surface area contributed by atoms with E-state index < -0.39 is 24.0 Å². The van der Waals surface area contributed by atoms with Crippen LogP contribution in [0.4, 0.5) is 0 Å². The third kappa shape index (κ3) is 4.50. The number of nitrogens with two attached hydrogens (primary N) is 2. The average molecular weight is 360 g/mol. The van der Waals surface area contributed by atoms with E-state index in [9.17, 15) is 19.8 Å². The molecule has 138 valence electrons. The van der Waals surface area contributed by atoms with Gasteiger partial charge in [0.15, 0.2) is 0 Å². The maximum Gasteiger partial charge on any atom is 0.320 e. The van der Waals surface area contributed by atoms with Crippen LogP contribution in [0.2, 0.25) is 0 Å². The van der Waals surface area contributed by atoms with Crippen molar-refractivity contribution in [2.75, 3.05) is 0 Å².